The van der Waals surface area contributed by atoms with E-state index >= 15 is 0 Å². The lowest BCUT2D eigenvalue weighted by Gasteiger charge is -2.19. The molecule has 0 aliphatic rings. The molecule has 1 aromatic heterocycles. The summed E-state index contributed by atoms with van der Waals surface area (Å²) >= 11 is 1.25. The van der Waals surface area contributed by atoms with Crippen molar-refractivity contribution in [2.24, 2.45) is 5.73 Å². The second kappa shape index (κ2) is 6.90. The average molecular weight is 266 g/mol. The Hall–Kier alpha value is -0.870. The summed E-state index contributed by atoms with van der Waals surface area (Å²) in [7, 11) is 0. The molecule has 0 bridgehead atoms. The largest absolute Gasteiger partial charge is 0.329 e. The van der Waals surface area contributed by atoms with E-state index in [1.165, 1.54) is 23.7 Å². The third kappa shape index (κ3) is 4.78. The van der Waals surface area contributed by atoms with Crippen LogP contribution < -0.4 is 5.73 Å². The normalized spacial score (nSPS) is 11.6. The zero-order chi connectivity index (χ0) is 13.6. The van der Waals surface area contributed by atoms with E-state index in [2.05, 4.69) is 11.9 Å². The van der Waals surface area contributed by atoms with Gasteiger partial charge in [-0.25, -0.2) is 0 Å². The van der Waals surface area contributed by atoms with Gasteiger partial charge in [0.15, 0.2) is 0 Å². The molecule has 0 amide bonds. The van der Waals surface area contributed by atoms with Crippen LogP contribution in [0.25, 0.3) is 0 Å². The van der Waals surface area contributed by atoms with Crippen LogP contribution in [0.2, 0.25) is 0 Å². The van der Waals surface area contributed by atoms with E-state index in [0.29, 0.717) is 12.2 Å². The van der Waals surface area contributed by atoms with Gasteiger partial charge in [-0.2, -0.15) is 0 Å². The van der Waals surface area contributed by atoms with Crippen molar-refractivity contribution in [3.8, 4) is 0 Å². The van der Waals surface area contributed by atoms with Gasteiger partial charge in [0.2, 0.25) is 5.12 Å². The standard InChI is InChI=1S/C14H22N2OS/c1-4-5-6-11-7-8-12(16-9-11)13(17)18-14(2,3)10-15/h7-9H,4-6,10,15H2,1-3H3. The molecule has 4 heteroatoms. The Morgan fingerprint density at radius 2 is 2.17 bits per heavy atom. The number of nitrogens with two attached hydrogens (primary N) is 1. The van der Waals surface area contributed by atoms with E-state index in [0.717, 1.165) is 12.8 Å². The molecule has 0 saturated heterocycles. The van der Waals surface area contributed by atoms with E-state index in [-0.39, 0.29) is 9.86 Å². The lowest BCUT2D eigenvalue weighted by molar-refractivity contribution is 0.108. The van der Waals surface area contributed by atoms with Crippen molar-refractivity contribution < 1.29 is 4.79 Å². The van der Waals surface area contributed by atoms with Crippen LogP contribution in [0.3, 0.4) is 0 Å². The highest BCUT2D eigenvalue weighted by molar-refractivity contribution is 8.15. The third-order valence-electron chi connectivity index (χ3n) is 2.71. The molecule has 0 aliphatic heterocycles. The molecule has 0 aliphatic carbocycles. The summed E-state index contributed by atoms with van der Waals surface area (Å²) in [6.45, 7) is 6.56. The first-order chi connectivity index (χ1) is 8.48. The van der Waals surface area contributed by atoms with Crippen LogP contribution >= 0.6 is 11.8 Å². The van der Waals surface area contributed by atoms with Crippen molar-refractivity contribution in [3.63, 3.8) is 0 Å². The zero-order valence-electron chi connectivity index (χ0n) is 11.4. The van der Waals surface area contributed by atoms with Gasteiger partial charge < -0.3 is 5.73 Å². The minimum atomic E-state index is -0.236. The molecule has 2 N–H and O–H groups in total. The maximum absolute atomic E-state index is 12.0. The fourth-order valence-corrected chi connectivity index (χ4v) is 2.23. The fourth-order valence-electron chi connectivity index (χ4n) is 1.42. The van der Waals surface area contributed by atoms with E-state index in [1.54, 1.807) is 6.20 Å². The first-order valence-electron chi connectivity index (χ1n) is 6.37. The maximum atomic E-state index is 12.0. The Labute approximate surface area is 114 Å². The van der Waals surface area contributed by atoms with Gasteiger partial charge >= 0.3 is 0 Å². The van der Waals surface area contributed by atoms with Crippen LogP contribution in [0.1, 0.15) is 49.7 Å². The summed E-state index contributed by atoms with van der Waals surface area (Å²) in [4.78, 5) is 16.2. The fraction of sp³-hybridized carbons (Fsp3) is 0.571. The van der Waals surface area contributed by atoms with Crippen molar-refractivity contribution in [1.82, 2.24) is 4.98 Å². The second-order valence-electron chi connectivity index (χ2n) is 5.01. The van der Waals surface area contributed by atoms with Gasteiger partial charge in [0.05, 0.1) is 0 Å². The predicted molar refractivity (Wildman–Crippen MR) is 77.9 cm³/mol. The topological polar surface area (TPSA) is 56.0 Å². The maximum Gasteiger partial charge on any atom is 0.238 e. The number of hydrogen-bond acceptors (Lipinski definition) is 4. The summed E-state index contributed by atoms with van der Waals surface area (Å²) in [5.74, 6) is 0. The van der Waals surface area contributed by atoms with Gasteiger partial charge in [-0.1, -0.05) is 31.2 Å². The number of carbonyl (C=O) groups excluding carboxylic acids is 1. The summed E-state index contributed by atoms with van der Waals surface area (Å²) in [6, 6.07) is 3.80. The van der Waals surface area contributed by atoms with Gasteiger partial charge in [0.25, 0.3) is 0 Å². The molecule has 3 nitrogen and oxygen atoms in total. The quantitative estimate of drug-likeness (QED) is 0.860. The summed E-state index contributed by atoms with van der Waals surface area (Å²) in [5.41, 5.74) is 7.32. The van der Waals surface area contributed by atoms with Crippen LogP contribution in [-0.4, -0.2) is 21.4 Å². The number of hydrogen-bond donors (Lipinski definition) is 1. The molecule has 0 radical (unpaired) electrons. The molecular formula is C14H22N2OS. The first-order valence-corrected chi connectivity index (χ1v) is 7.18. The van der Waals surface area contributed by atoms with Gasteiger partial charge in [0.1, 0.15) is 5.69 Å². The van der Waals surface area contributed by atoms with Gasteiger partial charge in [0, 0.05) is 17.5 Å². The number of pyridine rings is 1. The van der Waals surface area contributed by atoms with Crippen molar-refractivity contribution in [3.05, 3.63) is 29.6 Å². The minimum absolute atomic E-state index is 0.00695. The molecule has 100 valence electrons. The highest BCUT2D eigenvalue weighted by Gasteiger charge is 2.22. The highest BCUT2D eigenvalue weighted by Crippen LogP contribution is 2.26. The Kier molecular flexibility index (Phi) is 5.82. The van der Waals surface area contributed by atoms with Crippen LogP contribution in [0.15, 0.2) is 18.3 Å². The number of thioether (sulfide) groups is 1. The van der Waals surface area contributed by atoms with E-state index in [9.17, 15) is 4.79 Å². The van der Waals surface area contributed by atoms with Gasteiger partial charge in [-0.05, 0) is 38.3 Å². The lowest BCUT2D eigenvalue weighted by atomic mass is 10.1. The SMILES string of the molecule is CCCCc1ccc(C(=O)SC(C)(C)CN)nc1. The van der Waals surface area contributed by atoms with Crippen LogP contribution in [0, 0.1) is 0 Å². The molecule has 0 unspecified atom stereocenters. The van der Waals surface area contributed by atoms with Gasteiger partial charge in [-0.15, -0.1) is 0 Å². The molecular weight excluding hydrogens is 244 g/mol. The molecule has 1 aromatic rings. The molecule has 0 atom stereocenters. The van der Waals surface area contributed by atoms with E-state index in [4.69, 9.17) is 5.73 Å². The number of nitrogens with zero attached hydrogens (tertiary/aromatic N) is 1. The molecule has 0 fully saturated rings. The number of aryl methyl sites for hydroxylation is 1. The van der Waals surface area contributed by atoms with Crippen LogP contribution in [0.5, 0.6) is 0 Å². The second-order valence-corrected chi connectivity index (χ2v) is 6.69. The Balaban J connectivity index is 2.64. The zero-order valence-corrected chi connectivity index (χ0v) is 12.2. The molecule has 0 saturated carbocycles. The number of rotatable bonds is 6. The Morgan fingerprint density at radius 1 is 1.44 bits per heavy atom. The summed E-state index contributed by atoms with van der Waals surface area (Å²) in [5, 5.41) is -0.00695. The van der Waals surface area contributed by atoms with Gasteiger partial charge in [-0.3, -0.25) is 9.78 Å². The molecule has 1 rings (SSSR count). The molecule has 1 heterocycles. The highest BCUT2D eigenvalue weighted by atomic mass is 32.2. The molecule has 0 spiro atoms. The lowest BCUT2D eigenvalue weighted by Crippen LogP contribution is -2.28. The average Bonchev–Trinajstić information content (AvgIpc) is 2.36. The van der Waals surface area contributed by atoms with Crippen molar-refractivity contribution >= 4 is 16.9 Å². The number of aromatic nitrogens is 1. The monoisotopic (exact) mass is 266 g/mol. The van der Waals surface area contributed by atoms with Crippen molar-refractivity contribution in [2.75, 3.05) is 6.54 Å². The molecule has 18 heavy (non-hydrogen) atoms. The summed E-state index contributed by atoms with van der Waals surface area (Å²) in [6.07, 6.45) is 5.16. The smallest absolute Gasteiger partial charge is 0.238 e. The molecule has 0 aromatic carbocycles. The predicted octanol–water partition coefficient (Wildman–Crippen LogP) is 3.03. The number of unbranched alkanes of at least 4 members (excludes halogenated alkanes) is 1. The van der Waals surface area contributed by atoms with Crippen molar-refractivity contribution in [1.29, 1.82) is 0 Å². The van der Waals surface area contributed by atoms with Crippen LogP contribution in [-0.2, 0) is 6.42 Å². The first kappa shape index (κ1) is 15.2. The van der Waals surface area contributed by atoms with Crippen LogP contribution in [0.4, 0.5) is 0 Å². The number of carbonyl (C=O) groups is 1. The Bertz CT molecular complexity index is 387. The van der Waals surface area contributed by atoms with Crippen molar-refractivity contribution in [2.45, 2.75) is 44.8 Å². The Morgan fingerprint density at radius 3 is 2.67 bits per heavy atom. The van der Waals surface area contributed by atoms with E-state index in [1.807, 2.05) is 26.0 Å². The van der Waals surface area contributed by atoms with E-state index < -0.39 is 0 Å². The summed E-state index contributed by atoms with van der Waals surface area (Å²) < 4.78 is -0.236. The third-order valence-corrected chi connectivity index (χ3v) is 3.83. The minimum Gasteiger partial charge on any atom is -0.329 e.